The van der Waals surface area contributed by atoms with Gasteiger partial charge < -0.3 is 15.4 Å². The van der Waals surface area contributed by atoms with Gasteiger partial charge in [0.2, 0.25) is 5.91 Å². The molecule has 27 heavy (non-hydrogen) atoms. The fourth-order valence-electron chi connectivity index (χ4n) is 6.34. The number of hydrogen-bond acceptors (Lipinski definition) is 5. The topological polar surface area (TPSA) is 119 Å². The smallest absolute Gasteiger partial charge is 0.329 e. The summed E-state index contributed by atoms with van der Waals surface area (Å²) in [4.78, 5) is 49.7. The van der Waals surface area contributed by atoms with Crippen molar-refractivity contribution in [2.45, 2.75) is 57.4 Å². The van der Waals surface area contributed by atoms with Gasteiger partial charge in [-0.15, -0.1) is 0 Å². The SMILES string of the molecule is NC(=O)NC(=O)COC(=O)[C@H]1CCCN1C(=O)C12CC3CC(CC(C3)C1)C2. The first kappa shape index (κ1) is 18.3. The van der Waals surface area contributed by atoms with Gasteiger partial charge in [0.05, 0.1) is 5.41 Å². The van der Waals surface area contributed by atoms with Gasteiger partial charge in [-0.2, -0.15) is 0 Å². The molecule has 5 rings (SSSR count). The van der Waals surface area contributed by atoms with Crippen LogP contribution >= 0.6 is 0 Å². The molecular weight excluding hydrogens is 350 g/mol. The quantitative estimate of drug-likeness (QED) is 0.707. The average Bonchev–Trinajstić information content (AvgIpc) is 3.06. The number of esters is 1. The van der Waals surface area contributed by atoms with Crippen molar-refractivity contribution >= 4 is 23.8 Å². The maximum Gasteiger partial charge on any atom is 0.329 e. The minimum absolute atomic E-state index is 0.114. The second kappa shape index (κ2) is 6.80. The van der Waals surface area contributed by atoms with E-state index >= 15 is 0 Å². The van der Waals surface area contributed by atoms with Crippen molar-refractivity contribution in [3.05, 3.63) is 0 Å². The molecule has 3 N–H and O–H groups in total. The van der Waals surface area contributed by atoms with Gasteiger partial charge in [-0.3, -0.25) is 14.9 Å². The van der Waals surface area contributed by atoms with Gasteiger partial charge in [0.15, 0.2) is 6.61 Å². The molecule has 1 aliphatic heterocycles. The van der Waals surface area contributed by atoms with E-state index < -0.39 is 30.6 Å². The van der Waals surface area contributed by atoms with Gasteiger partial charge >= 0.3 is 12.0 Å². The molecule has 148 valence electrons. The largest absolute Gasteiger partial charge is 0.454 e. The molecule has 0 unspecified atom stereocenters. The van der Waals surface area contributed by atoms with E-state index in [-0.39, 0.29) is 11.3 Å². The van der Waals surface area contributed by atoms with Crippen LogP contribution in [0.5, 0.6) is 0 Å². The van der Waals surface area contributed by atoms with E-state index in [1.54, 1.807) is 4.90 Å². The Morgan fingerprint density at radius 3 is 2.19 bits per heavy atom. The van der Waals surface area contributed by atoms with Crippen LogP contribution in [-0.2, 0) is 19.1 Å². The third kappa shape index (κ3) is 3.41. The highest BCUT2D eigenvalue weighted by molar-refractivity contribution is 5.95. The number of likely N-dealkylation sites (tertiary alicyclic amines) is 1. The molecule has 1 heterocycles. The molecule has 4 amide bonds. The molecule has 0 radical (unpaired) electrons. The van der Waals surface area contributed by atoms with Crippen LogP contribution in [0.25, 0.3) is 0 Å². The summed E-state index contributed by atoms with van der Waals surface area (Å²) in [5.74, 6) is 0.739. The summed E-state index contributed by atoms with van der Waals surface area (Å²) < 4.78 is 5.04. The minimum Gasteiger partial charge on any atom is -0.454 e. The molecular formula is C19H27N3O5. The molecule has 0 aromatic carbocycles. The molecule has 4 aliphatic carbocycles. The summed E-state index contributed by atoms with van der Waals surface area (Å²) in [5.41, 5.74) is 4.57. The third-order valence-corrected chi connectivity index (χ3v) is 6.89. The summed E-state index contributed by atoms with van der Waals surface area (Å²) in [5, 5.41) is 1.85. The zero-order valence-electron chi connectivity index (χ0n) is 15.4. The van der Waals surface area contributed by atoms with Gasteiger partial charge in [0.25, 0.3) is 5.91 Å². The van der Waals surface area contributed by atoms with Crippen LogP contribution in [0.4, 0.5) is 4.79 Å². The van der Waals surface area contributed by atoms with Gasteiger partial charge in [0.1, 0.15) is 6.04 Å². The maximum absolute atomic E-state index is 13.5. The number of primary amides is 1. The first-order valence-corrected chi connectivity index (χ1v) is 9.93. The van der Waals surface area contributed by atoms with E-state index in [0.717, 1.165) is 25.7 Å². The highest BCUT2D eigenvalue weighted by Gasteiger charge is 2.56. The molecule has 8 nitrogen and oxygen atoms in total. The van der Waals surface area contributed by atoms with Crippen LogP contribution in [0.2, 0.25) is 0 Å². The minimum atomic E-state index is -0.990. The predicted molar refractivity (Wildman–Crippen MR) is 94.0 cm³/mol. The van der Waals surface area contributed by atoms with Crippen molar-refractivity contribution in [2.75, 3.05) is 13.2 Å². The van der Waals surface area contributed by atoms with Crippen LogP contribution in [0, 0.1) is 23.2 Å². The van der Waals surface area contributed by atoms with Crippen molar-refractivity contribution in [3.63, 3.8) is 0 Å². The average molecular weight is 377 g/mol. The zero-order chi connectivity index (χ0) is 19.2. The normalized spacial score (nSPS) is 36.5. The second-order valence-corrected chi connectivity index (χ2v) is 8.87. The summed E-state index contributed by atoms with van der Waals surface area (Å²) in [6.45, 7) is -0.00843. The number of carbonyl (C=O) groups excluding carboxylic acids is 4. The van der Waals surface area contributed by atoms with Crippen LogP contribution in [0.1, 0.15) is 51.4 Å². The lowest BCUT2D eigenvalue weighted by atomic mass is 9.49. The highest BCUT2D eigenvalue weighted by atomic mass is 16.5. The van der Waals surface area contributed by atoms with E-state index in [2.05, 4.69) is 0 Å². The van der Waals surface area contributed by atoms with Crippen molar-refractivity contribution < 1.29 is 23.9 Å². The number of urea groups is 1. The number of nitrogens with zero attached hydrogens (tertiary/aromatic N) is 1. The van der Waals surface area contributed by atoms with Crippen molar-refractivity contribution in [3.8, 4) is 0 Å². The van der Waals surface area contributed by atoms with Crippen molar-refractivity contribution in [1.29, 1.82) is 0 Å². The maximum atomic E-state index is 13.5. The molecule has 8 heteroatoms. The van der Waals surface area contributed by atoms with E-state index in [4.69, 9.17) is 10.5 Å². The fraction of sp³-hybridized carbons (Fsp3) is 0.789. The Morgan fingerprint density at radius 1 is 1.04 bits per heavy atom. The van der Waals surface area contributed by atoms with E-state index in [9.17, 15) is 19.2 Å². The number of amides is 4. The van der Waals surface area contributed by atoms with Crippen molar-refractivity contribution in [1.82, 2.24) is 10.2 Å². The standard InChI is InChI=1S/C19H27N3O5/c20-18(26)21-15(23)10-27-16(24)14-2-1-3-22(14)17(25)19-7-11-4-12(8-19)6-13(5-11)9-19/h11-14H,1-10H2,(H3,20,21,23,26)/t11?,12?,13?,14-,19?/m1/s1. The Balaban J connectivity index is 1.41. The Kier molecular flexibility index (Phi) is 4.60. The number of ether oxygens (including phenoxy) is 1. The van der Waals surface area contributed by atoms with Crippen molar-refractivity contribution in [2.24, 2.45) is 28.9 Å². The van der Waals surface area contributed by atoms with E-state index in [1.165, 1.54) is 19.3 Å². The molecule has 1 saturated heterocycles. The van der Waals surface area contributed by atoms with Gasteiger partial charge in [-0.1, -0.05) is 0 Å². The monoisotopic (exact) mass is 377 g/mol. The summed E-state index contributed by atoms with van der Waals surface area (Å²) in [6, 6.07) is -1.62. The molecule has 4 bridgehead atoms. The van der Waals surface area contributed by atoms with Crippen LogP contribution in [0.3, 0.4) is 0 Å². The van der Waals surface area contributed by atoms with Gasteiger partial charge in [-0.25, -0.2) is 9.59 Å². The van der Waals surface area contributed by atoms with Gasteiger partial charge in [-0.05, 0) is 69.1 Å². The van der Waals surface area contributed by atoms with Crippen LogP contribution < -0.4 is 11.1 Å². The Bertz CT molecular complexity index is 641. The third-order valence-electron chi connectivity index (χ3n) is 6.89. The number of hydrogen-bond donors (Lipinski definition) is 2. The second-order valence-electron chi connectivity index (χ2n) is 8.87. The fourth-order valence-corrected chi connectivity index (χ4v) is 6.34. The number of rotatable bonds is 4. The van der Waals surface area contributed by atoms with E-state index in [1.807, 2.05) is 5.32 Å². The molecule has 0 aromatic rings. The zero-order valence-corrected chi connectivity index (χ0v) is 15.4. The molecule has 5 fully saturated rings. The lowest BCUT2D eigenvalue weighted by Crippen LogP contribution is -2.56. The van der Waals surface area contributed by atoms with Gasteiger partial charge in [0, 0.05) is 6.54 Å². The first-order valence-electron chi connectivity index (χ1n) is 9.93. The lowest BCUT2D eigenvalue weighted by molar-refractivity contribution is -0.166. The first-order chi connectivity index (χ1) is 12.9. The van der Waals surface area contributed by atoms with E-state index in [0.29, 0.717) is 30.7 Å². The molecule has 1 atom stereocenters. The Morgan fingerprint density at radius 2 is 1.63 bits per heavy atom. The summed E-state index contributed by atoms with van der Waals surface area (Å²) >= 11 is 0. The molecule has 0 aromatic heterocycles. The predicted octanol–water partition coefficient (Wildman–Crippen LogP) is 0.932. The molecule has 4 saturated carbocycles. The number of imide groups is 1. The summed E-state index contributed by atoms with van der Waals surface area (Å²) in [6.07, 6.45) is 7.94. The molecule has 0 spiro atoms. The van der Waals surface area contributed by atoms with Crippen LogP contribution in [-0.4, -0.2) is 47.9 Å². The Hall–Kier alpha value is -2.12. The highest BCUT2D eigenvalue weighted by Crippen LogP contribution is 2.60. The number of carbonyl (C=O) groups is 4. The molecule has 5 aliphatic rings. The number of nitrogens with two attached hydrogens (primary N) is 1. The summed E-state index contributed by atoms with van der Waals surface area (Å²) in [7, 11) is 0. The van der Waals surface area contributed by atoms with Crippen LogP contribution in [0.15, 0.2) is 0 Å². The Labute approximate surface area is 158 Å². The lowest BCUT2D eigenvalue weighted by Gasteiger charge is -2.56. The number of nitrogens with one attached hydrogen (secondary N) is 1.